The molecule has 1 aromatic heterocycles. The molecule has 0 saturated carbocycles. The summed E-state index contributed by atoms with van der Waals surface area (Å²) in [7, 11) is 0. The lowest BCUT2D eigenvalue weighted by atomic mass is 10.2. The van der Waals surface area contributed by atoms with Crippen molar-refractivity contribution in [3.05, 3.63) is 16.1 Å². The third kappa shape index (κ3) is 6.33. The van der Waals surface area contributed by atoms with E-state index < -0.39 is 12.8 Å². The lowest BCUT2D eigenvalue weighted by Crippen LogP contribution is -2.28. The van der Waals surface area contributed by atoms with Crippen LogP contribution in [0.2, 0.25) is 0 Å². The third-order valence-corrected chi connectivity index (χ3v) is 3.44. The van der Waals surface area contributed by atoms with Crippen LogP contribution in [0.1, 0.15) is 37.0 Å². The Labute approximate surface area is 119 Å². The summed E-state index contributed by atoms with van der Waals surface area (Å²) < 4.78 is 39.8. The summed E-state index contributed by atoms with van der Waals surface area (Å²) in [5.74, 6) is -0.356. The van der Waals surface area contributed by atoms with Gasteiger partial charge in [0.25, 0.3) is 0 Å². The maximum Gasteiger partial charge on any atom is 0.411 e. The number of thiazole rings is 1. The van der Waals surface area contributed by atoms with Gasteiger partial charge in [-0.1, -0.05) is 6.92 Å². The molecule has 0 fully saturated rings. The normalized spacial score (nSPS) is 13.2. The molecule has 0 saturated heterocycles. The SMILES string of the molecule is CCc1nc(C(C)NC(=O)CCOCC(F)(F)F)cs1. The number of hydrogen-bond acceptors (Lipinski definition) is 4. The molecule has 1 heterocycles. The first-order chi connectivity index (χ1) is 9.31. The summed E-state index contributed by atoms with van der Waals surface area (Å²) in [6, 6.07) is -0.262. The number of aryl methyl sites for hydroxylation is 1. The van der Waals surface area contributed by atoms with Crippen LogP contribution in [-0.2, 0) is 16.0 Å². The van der Waals surface area contributed by atoms with Crippen LogP contribution in [0, 0.1) is 0 Å². The lowest BCUT2D eigenvalue weighted by molar-refractivity contribution is -0.174. The van der Waals surface area contributed by atoms with Gasteiger partial charge in [-0.3, -0.25) is 4.79 Å². The van der Waals surface area contributed by atoms with Crippen molar-refractivity contribution in [1.82, 2.24) is 10.3 Å². The minimum absolute atomic E-state index is 0.106. The van der Waals surface area contributed by atoms with E-state index in [0.717, 1.165) is 17.1 Å². The highest BCUT2D eigenvalue weighted by atomic mass is 32.1. The Morgan fingerprint density at radius 1 is 1.55 bits per heavy atom. The van der Waals surface area contributed by atoms with Gasteiger partial charge in [0.05, 0.1) is 23.4 Å². The minimum Gasteiger partial charge on any atom is -0.372 e. The van der Waals surface area contributed by atoms with Crippen molar-refractivity contribution in [2.75, 3.05) is 13.2 Å². The van der Waals surface area contributed by atoms with Gasteiger partial charge >= 0.3 is 6.18 Å². The van der Waals surface area contributed by atoms with Gasteiger partial charge in [-0.25, -0.2) is 4.98 Å². The van der Waals surface area contributed by atoms with Crippen molar-refractivity contribution in [2.45, 2.75) is 38.9 Å². The molecule has 0 aliphatic rings. The van der Waals surface area contributed by atoms with Gasteiger partial charge in [0.2, 0.25) is 5.91 Å². The van der Waals surface area contributed by atoms with Crippen molar-refractivity contribution in [3.63, 3.8) is 0 Å². The zero-order valence-corrected chi connectivity index (χ0v) is 12.1. The summed E-state index contributed by atoms with van der Waals surface area (Å²) in [6.07, 6.45) is -3.64. The Morgan fingerprint density at radius 3 is 2.80 bits per heavy atom. The molecule has 1 amide bonds. The van der Waals surface area contributed by atoms with Crippen LogP contribution in [0.15, 0.2) is 5.38 Å². The number of nitrogens with one attached hydrogen (secondary N) is 1. The predicted molar refractivity (Wildman–Crippen MR) is 69.5 cm³/mol. The Hall–Kier alpha value is -1.15. The first-order valence-corrected chi connectivity index (χ1v) is 7.08. The fraction of sp³-hybridized carbons (Fsp3) is 0.667. The largest absolute Gasteiger partial charge is 0.411 e. The molecule has 20 heavy (non-hydrogen) atoms. The van der Waals surface area contributed by atoms with Crippen LogP contribution in [0.25, 0.3) is 0 Å². The Balaban J connectivity index is 2.28. The predicted octanol–water partition coefficient (Wildman–Crippen LogP) is 2.85. The van der Waals surface area contributed by atoms with Crippen molar-refractivity contribution >= 4 is 17.2 Å². The van der Waals surface area contributed by atoms with E-state index in [1.807, 2.05) is 12.3 Å². The summed E-state index contributed by atoms with van der Waals surface area (Å²) in [5, 5.41) is 5.52. The molecular weight excluding hydrogens is 293 g/mol. The first-order valence-electron chi connectivity index (χ1n) is 6.20. The molecule has 0 aliphatic heterocycles. The average molecular weight is 310 g/mol. The molecule has 0 aromatic carbocycles. The van der Waals surface area contributed by atoms with Crippen molar-refractivity contribution in [3.8, 4) is 0 Å². The fourth-order valence-corrected chi connectivity index (χ4v) is 2.27. The van der Waals surface area contributed by atoms with Crippen LogP contribution in [0.4, 0.5) is 13.2 Å². The molecule has 114 valence electrons. The highest BCUT2D eigenvalue weighted by Crippen LogP contribution is 2.17. The van der Waals surface area contributed by atoms with Gasteiger partial charge in [-0.15, -0.1) is 11.3 Å². The summed E-state index contributed by atoms with van der Waals surface area (Å²) in [5.41, 5.74) is 0.761. The molecule has 8 heteroatoms. The number of carbonyl (C=O) groups excluding carboxylic acids is 1. The molecule has 0 aliphatic carbocycles. The molecule has 1 atom stereocenters. The van der Waals surface area contributed by atoms with Crippen LogP contribution < -0.4 is 5.32 Å². The second-order valence-corrected chi connectivity index (χ2v) is 5.17. The van der Waals surface area contributed by atoms with E-state index in [1.165, 1.54) is 11.3 Å². The maximum absolute atomic E-state index is 11.8. The lowest BCUT2D eigenvalue weighted by Gasteiger charge is -2.12. The number of amides is 1. The minimum atomic E-state index is -4.36. The van der Waals surface area contributed by atoms with Gasteiger partial charge in [0.15, 0.2) is 0 Å². The molecule has 1 N–H and O–H groups in total. The van der Waals surface area contributed by atoms with E-state index >= 15 is 0 Å². The van der Waals surface area contributed by atoms with E-state index in [0.29, 0.717) is 0 Å². The highest BCUT2D eigenvalue weighted by molar-refractivity contribution is 7.09. The van der Waals surface area contributed by atoms with E-state index in [1.54, 1.807) is 6.92 Å². The molecule has 0 radical (unpaired) electrons. The molecular formula is C12H17F3N2O2S. The van der Waals surface area contributed by atoms with Crippen LogP contribution in [0.5, 0.6) is 0 Å². The van der Waals surface area contributed by atoms with Crippen LogP contribution in [-0.4, -0.2) is 30.3 Å². The second-order valence-electron chi connectivity index (χ2n) is 4.23. The number of alkyl halides is 3. The smallest absolute Gasteiger partial charge is 0.372 e. The van der Waals surface area contributed by atoms with E-state index in [4.69, 9.17) is 0 Å². The van der Waals surface area contributed by atoms with Crippen molar-refractivity contribution < 1.29 is 22.7 Å². The van der Waals surface area contributed by atoms with Crippen molar-refractivity contribution in [1.29, 1.82) is 0 Å². The Bertz CT molecular complexity index is 435. The van der Waals surface area contributed by atoms with Gasteiger partial charge in [-0.05, 0) is 13.3 Å². The van der Waals surface area contributed by atoms with Gasteiger partial charge < -0.3 is 10.1 Å². The monoisotopic (exact) mass is 310 g/mol. The summed E-state index contributed by atoms with van der Waals surface area (Å²) >= 11 is 1.52. The molecule has 0 spiro atoms. The van der Waals surface area contributed by atoms with Gasteiger partial charge in [-0.2, -0.15) is 13.2 Å². The number of aromatic nitrogens is 1. The topological polar surface area (TPSA) is 51.2 Å². The molecule has 1 unspecified atom stereocenters. The van der Waals surface area contributed by atoms with E-state index in [-0.39, 0.29) is 25.0 Å². The van der Waals surface area contributed by atoms with Crippen molar-refractivity contribution in [2.24, 2.45) is 0 Å². The van der Waals surface area contributed by atoms with Crippen LogP contribution in [0.3, 0.4) is 0 Å². The Morgan fingerprint density at radius 2 is 2.25 bits per heavy atom. The molecule has 4 nitrogen and oxygen atoms in total. The highest BCUT2D eigenvalue weighted by Gasteiger charge is 2.27. The number of halogens is 3. The second kappa shape index (κ2) is 7.58. The van der Waals surface area contributed by atoms with Gasteiger partial charge in [0, 0.05) is 11.8 Å². The average Bonchev–Trinajstić information content (AvgIpc) is 2.82. The zero-order valence-electron chi connectivity index (χ0n) is 11.3. The molecule has 0 bridgehead atoms. The van der Waals surface area contributed by atoms with E-state index in [9.17, 15) is 18.0 Å². The number of carbonyl (C=O) groups is 1. The Kier molecular flexibility index (Phi) is 6.41. The zero-order chi connectivity index (χ0) is 15.2. The van der Waals surface area contributed by atoms with Gasteiger partial charge in [0.1, 0.15) is 6.61 Å². The number of hydrogen-bond donors (Lipinski definition) is 1. The number of rotatable bonds is 7. The number of ether oxygens (including phenoxy) is 1. The summed E-state index contributed by atoms with van der Waals surface area (Å²) in [4.78, 5) is 15.9. The number of nitrogens with zero attached hydrogens (tertiary/aromatic N) is 1. The maximum atomic E-state index is 11.8. The van der Waals surface area contributed by atoms with E-state index in [2.05, 4.69) is 15.0 Å². The van der Waals surface area contributed by atoms with Crippen LogP contribution >= 0.6 is 11.3 Å². The fourth-order valence-electron chi connectivity index (χ4n) is 1.43. The summed E-state index contributed by atoms with van der Waals surface area (Å²) in [6.45, 7) is 2.18. The quantitative estimate of drug-likeness (QED) is 0.788. The first kappa shape index (κ1) is 16.9. The molecule has 1 rings (SSSR count). The molecule has 1 aromatic rings. The standard InChI is InChI=1S/C12H17F3N2O2S/c1-3-11-17-9(6-20-11)8(2)16-10(18)4-5-19-7-12(13,14)15/h6,8H,3-5,7H2,1-2H3,(H,16,18). The third-order valence-electron chi connectivity index (χ3n) is 2.43.